The minimum Gasteiger partial charge on any atom is -0.392 e. The van der Waals surface area contributed by atoms with E-state index >= 15 is 0 Å². The molecule has 2 heteroatoms. The molecule has 11 heavy (non-hydrogen) atoms. The van der Waals surface area contributed by atoms with E-state index in [1.165, 1.54) is 12.8 Å². The van der Waals surface area contributed by atoms with Crippen molar-refractivity contribution in [3.05, 3.63) is 11.6 Å². The highest BCUT2D eigenvalue weighted by Crippen LogP contribution is 2.02. The lowest BCUT2D eigenvalue weighted by atomic mass is 10.1. The van der Waals surface area contributed by atoms with Crippen LogP contribution >= 0.6 is 0 Å². The molecule has 0 spiro atoms. The van der Waals surface area contributed by atoms with Gasteiger partial charge >= 0.3 is 0 Å². The molecular formula is C9H18O2. The van der Waals surface area contributed by atoms with Gasteiger partial charge in [0.05, 0.1) is 13.2 Å². The van der Waals surface area contributed by atoms with E-state index in [0.717, 1.165) is 18.4 Å². The van der Waals surface area contributed by atoms with Crippen molar-refractivity contribution >= 4 is 0 Å². The third-order valence-corrected chi connectivity index (χ3v) is 1.65. The summed E-state index contributed by atoms with van der Waals surface area (Å²) in [6, 6.07) is 0. The van der Waals surface area contributed by atoms with Crippen molar-refractivity contribution in [1.29, 1.82) is 0 Å². The molecule has 0 amide bonds. The molecule has 0 radical (unpaired) electrons. The summed E-state index contributed by atoms with van der Waals surface area (Å²) in [5.74, 6) is 0. The summed E-state index contributed by atoms with van der Waals surface area (Å²) in [6.45, 7) is 2.13. The predicted octanol–water partition coefficient (Wildman–Crippen LogP) is 1.48. The Morgan fingerprint density at radius 2 is 1.82 bits per heavy atom. The van der Waals surface area contributed by atoms with Gasteiger partial charge in [0, 0.05) is 0 Å². The summed E-state index contributed by atoms with van der Waals surface area (Å²) in [6.07, 6.45) is 6.49. The van der Waals surface area contributed by atoms with Crippen LogP contribution in [-0.2, 0) is 0 Å². The normalized spacial score (nSPS) is 9.73. The topological polar surface area (TPSA) is 40.5 Å². The Morgan fingerprint density at radius 1 is 1.18 bits per heavy atom. The van der Waals surface area contributed by atoms with Crippen LogP contribution < -0.4 is 0 Å². The molecule has 0 fully saturated rings. The maximum Gasteiger partial charge on any atom is 0.0663 e. The van der Waals surface area contributed by atoms with Crippen molar-refractivity contribution in [3.63, 3.8) is 0 Å². The lowest BCUT2D eigenvalue weighted by Gasteiger charge is -1.98. The second kappa shape index (κ2) is 7.76. The number of hydrogen-bond acceptors (Lipinski definition) is 2. The first-order valence-corrected chi connectivity index (χ1v) is 4.24. The van der Waals surface area contributed by atoms with Crippen LogP contribution in [0.15, 0.2) is 11.6 Å². The molecule has 0 aliphatic carbocycles. The lowest BCUT2D eigenvalue weighted by Crippen LogP contribution is -1.95. The third kappa shape index (κ3) is 6.07. The predicted molar refractivity (Wildman–Crippen MR) is 46.4 cm³/mol. The second-order valence-corrected chi connectivity index (χ2v) is 2.67. The van der Waals surface area contributed by atoms with Crippen LogP contribution in [0.1, 0.15) is 32.6 Å². The van der Waals surface area contributed by atoms with Gasteiger partial charge < -0.3 is 10.2 Å². The van der Waals surface area contributed by atoms with E-state index in [4.69, 9.17) is 10.2 Å². The highest BCUT2D eigenvalue weighted by atomic mass is 16.3. The highest BCUT2D eigenvalue weighted by molar-refractivity contribution is 5.01. The van der Waals surface area contributed by atoms with Crippen LogP contribution in [0.5, 0.6) is 0 Å². The van der Waals surface area contributed by atoms with E-state index in [9.17, 15) is 0 Å². The van der Waals surface area contributed by atoms with Crippen molar-refractivity contribution in [2.24, 2.45) is 0 Å². The largest absolute Gasteiger partial charge is 0.392 e. The van der Waals surface area contributed by atoms with Gasteiger partial charge in [-0.3, -0.25) is 0 Å². The Hall–Kier alpha value is -0.340. The van der Waals surface area contributed by atoms with E-state index < -0.39 is 0 Å². The average Bonchev–Trinajstić information content (AvgIpc) is 2.05. The highest BCUT2D eigenvalue weighted by Gasteiger charge is 1.90. The Balaban J connectivity index is 3.37. The molecular weight excluding hydrogens is 140 g/mol. The summed E-state index contributed by atoms with van der Waals surface area (Å²) in [5, 5.41) is 17.3. The molecule has 0 rings (SSSR count). The summed E-state index contributed by atoms with van der Waals surface area (Å²) < 4.78 is 0. The van der Waals surface area contributed by atoms with Gasteiger partial charge in [-0.2, -0.15) is 0 Å². The summed E-state index contributed by atoms with van der Waals surface area (Å²) in [4.78, 5) is 0. The Bertz CT molecular complexity index is 102. The summed E-state index contributed by atoms with van der Waals surface area (Å²) in [7, 11) is 0. The van der Waals surface area contributed by atoms with Gasteiger partial charge in [-0.05, 0) is 18.4 Å². The second-order valence-electron chi connectivity index (χ2n) is 2.67. The first kappa shape index (κ1) is 10.7. The van der Waals surface area contributed by atoms with Gasteiger partial charge in [0.15, 0.2) is 0 Å². The van der Waals surface area contributed by atoms with E-state index in [1.807, 2.05) is 6.08 Å². The van der Waals surface area contributed by atoms with Crippen LogP contribution in [-0.4, -0.2) is 23.4 Å². The number of rotatable bonds is 6. The Labute approximate surface area is 68.6 Å². The molecule has 0 heterocycles. The maximum atomic E-state index is 8.65. The fraction of sp³-hybridized carbons (Fsp3) is 0.778. The SMILES string of the molecule is CCCCCC=C(CO)CO. The summed E-state index contributed by atoms with van der Waals surface area (Å²) >= 11 is 0. The Kier molecular flexibility index (Phi) is 7.52. The van der Waals surface area contributed by atoms with Crippen LogP contribution in [0.3, 0.4) is 0 Å². The summed E-state index contributed by atoms with van der Waals surface area (Å²) in [5.41, 5.74) is 0.737. The van der Waals surface area contributed by atoms with Crippen LogP contribution in [0, 0.1) is 0 Å². The standard InChI is InChI=1S/C9H18O2/c1-2-3-4-5-6-9(7-10)8-11/h6,10-11H,2-5,7-8H2,1H3. The smallest absolute Gasteiger partial charge is 0.0663 e. The molecule has 0 atom stereocenters. The molecule has 0 bridgehead atoms. The molecule has 0 unspecified atom stereocenters. The van der Waals surface area contributed by atoms with Gasteiger partial charge in [-0.1, -0.05) is 25.8 Å². The zero-order valence-electron chi connectivity index (χ0n) is 7.21. The molecule has 0 saturated heterocycles. The van der Waals surface area contributed by atoms with E-state index in [1.54, 1.807) is 0 Å². The average molecular weight is 158 g/mol. The van der Waals surface area contributed by atoms with Crippen molar-refractivity contribution < 1.29 is 10.2 Å². The van der Waals surface area contributed by atoms with Crippen molar-refractivity contribution in [3.8, 4) is 0 Å². The molecule has 0 aromatic rings. The van der Waals surface area contributed by atoms with Gasteiger partial charge in [0.25, 0.3) is 0 Å². The zero-order valence-corrected chi connectivity index (χ0v) is 7.21. The molecule has 0 aromatic heterocycles. The van der Waals surface area contributed by atoms with Gasteiger partial charge in [-0.25, -0.2) is 0 Å². The van der Waals surface area contributed by atoms with Crippen LogP contribution in [0.2, 0.25) is 0 Å². The third-order valence-electron chi connectivity index (χ3n) is 1.65. The van der Waals surface area contributed by atoms with E-state index in [-0.39, 0.29) is 13.2 Å². The van der Waals surface area contributed by atoms with E-state index in [2.05, 4.69) is 6.92 Å². The van der Waals surface area contributed by atoms with Gasteiger partial charge in [0.1, 0.15) is 0 Å². The maximum absolute atomic E-state index is 8.65. The molecule has 2 N–H and O–H groups in total. The van der Waals surface area contributed by atoms with Crippen molar-refractivity contribution in [2.75, 3.05) is 13.2 Å². The van der Waals surface area contributed by atoms with Crippen molar-refractivity contribution in [1.82, 2.24) is 0 Å². The van der Waals surface area contributed by atoms with Crippen molar-refractivity contribution in [2.45, 2.75) is 32.6 Å². The van der Waals surface area contributed by atoms with Crippen LogP contribution in [0.4, 0.5) is 0 Å². The van der Waals surface area contributed by atoms with Gasteiger partial charge in [-0.15, -0.1) is 0 Å². The molecule has 66 valence electrons. The number of aliphatic hydroxyl groups is 2. The number of aliphatic hydroxyl groups excluding tert-OH is 2. The van der Waals surface area contributed by atoms with Gasteiger partial charge in [0.2, 0.25) is 0 Å². The molecule has 0 saturated carbocycles. The first-order valence-electron chi connectivity index (χ1n) is 4.24. The number of allylic oxidation sites excluding steroid dienone is 1. The Morgan fingerprint density at radius 3 is 2.27 bits per heavy atom. The molecule has 0 aliphatic heterocycles. The van der Waals surface area contributed by atoms with E-state index in [0.29, 0.717) is 0 Å². The minimum absolute atomic E-state index is 0.0113. The minimum atomic E-state index is -0.0113. The quantitative estimate of drug-likeness (QED) is 0.454. The fourth-order valence-electron chi connectivity index (χ4n) is 0.880. The monoisotopic (exact) mass is 158 g/mol. The molecule has 0 aliphatic rings. The fourth-order valence-corrected chi connectivity index (χ4v) is 0.880. The van der Waals surface area contributed by atoms with Crippen LogP contribution in [0.25, 0.3) is 0 Å². The zero-order chi connectivity index (χ0) is 8.53. The number of hydrogen-bond donors (Lipinski definition) is 2. The molecule has 0 aromatic carbocycles. The first-order chi connectivity index (χ1) is 5.35. The molecule has 2 nitrogen and oxygen atoms in total. The lowest BCUT2D eigenvalue weighted by molar-refractivity contribution is 0.276. The number of unbranched alkanes of at least 4 members (excludes halogenated alkanes) is 3.